The predicted molar refractivity (Wildman–Crippen MR) is 72.5 cm³/mol. The number of benzene rings is 1. The average Bonchev–Trinajstić information content (AvgIpc) is 2.69. The van der Waals surface area contributed by atoms with Crippen molar-refractivity contribution in [2.24, 2.45) is 0 Å². The molecule has 1 amide bonds. The quantitative estimate of drug-likeness (QED) is 0.924. The number of rotatable bonds is 4. The van der Waals surface area contributed by atoms with Crippen LogP contribution in [-0.2, 0) is 14.6 Å². The molecule has 1 heterocycles. The molecule has 1 aromatic heterocycles. The summed E-state index contributed by atoms with van der Waals surface area (Å²) in [5.41, 5.74) is 0.738. The maximum absolute atomic E-state index is 11.5. The minimum absolute atomic E-state index is 0.373. The van der Waals surface area contributed by atoms with E-state index < -0.39 is 21.5 Å². The van der Waals surface area contributed by atoms with Crippen LogP contribution in [0.5, 0.6) is 0 Å². The Morgan fingerprint density at radius 3 is 2.68 bits per heavy atom. The third kappa shape index (κ3) is 3.57. The second kappa shape index (κ2) is 5.05. The topological polar surface area (TPSA) is 76.4 Å². The van der Waals surface area contributed by atoms with Crippen LogP contribution < -0.4 is 5.32 Å². The zero-order valence-electron chi connectivity index (χ0n) is 10.7. The maximum Gasteiger partial charge on any atom is 0.235 e. The molecule has 19 heavy (non-hydrogen) atoms. The Kier molecular flexibility index (Phi) is 3.61. The Bertz CT molecular complexity index is 669. The molecule has 0 bridgehead atoms. The van der Waals surface area contributed by atoms with Crippen LogP contribution in [0.25, 0.3) is 11.0 Å². The third-order valence-electron chi connectivity index (χ3n) is 2.64. The predicted octanol–water partition coefficient (Wildman–Crippen LogP) is 1.65. The highest BCUT2D eigenvalue weighted by Crippen LogP contribution is 2.23. The third-order valence-corrected chi connectivity index (χ3v) is 3.43. The van der Waals surface area contributed by atoms with Crippen molar-refractivity contribution < 1.29 is 17.6 Å². The van der Waals surface area contributed by atoms with Crippen LogP contribution in [0.1, 0.15) is 18.7 Å². The van der Waals surface area contributed by atoms with E-state index in [0.717, 1.165) is 17.2 Å². The summed E-state index contributed by atoms with van der Waals surface area (Å²) in [6.45, 7) is 1.75. The van der Waals surface area contributed by atoms with Gasteiger partial charge in [0.05, 0.1) is 6.04 Å². The first kappa shape index (κ1) is 13.6. The van der Waals surface area contributed by atoms with Gasteiger partial charge in [-0.1, -0.05) is 18.2 Å². The van der Waals surface area contributed by atoms with E-state index >= 15 is 0 Å². The molecule has 0 aliphatic rings. The van der Waals surface area contributed by atoms with Crippen LogP contribution in [0.2, 0.25) is 0 Å². The first-order chi connectivity index (χ1) is 8.85. The average molecular weight is 281 g/mol. The van der Waals surface area contributed by atoms with Crippen molar-refractivity contribution in [1.29, 1.82) is 0 Å². The number of hydrogen-bond donors (Lipinski definition) is 1. The summed E-state index contributed by atoms with van der Waals surface area (Å²) >= 11 is 0. The van der Waals surface area contributed by atoms with Crippen LogP contribution >= 0.6 is 0 Å². The van der Waals surface area contributed by atoms with Gasteiger partial charge in [0, 0.05) is 11.6 Å². The molecule has 1 N–H and O–H groups in total. The van der Waals surface area contributed by atoms with Crippen LogP contribution in [0.15, 0.2) is 34.7 Å². The van der Waals surface area contributed by atoms with Gasteiger partial charge in [-0.2, -0.15) is 0 Å². The molecule has 0 aliphatic heterocycles. The monoisotopic (exact) mass is 281 g/mol. The fourth-order valence-electron chi connectivity index (χ4n) is 1.81. The van der Waals surface area contributed by atoms with E-state index in [1.165, 1.54) is 0 Å². The summed E-state index contributed by atoms with van der Waals surface area (Å²) in [6, 6.07) is 8.97. The molecule has 2 aromatic rings. The van der Waals surface area contributed by atoms with Crippen molar-refractivity contribution in [3.05, 3.63) is 36.1 Å². The molecule has 6 heteroatoms. The van der Waals surface area contributed by atoms with Crippen LogP contribution in [0, 0.1) is 0 Å². The van der Waals surface area contributed by atoms with Crippen molar-refractivity contribution in [2.45, 2.75) is 13.0 Å². The molecule has 1 aromatic carbocycles. The van der Waals surface area contributed by atoms with Crippen molar-refractivity contribution in [3.63, 3.8) is 0 Å². The smallest absolute Gasteiger partial charge is 0.235 e. The van der Waals surface area contributed by atoms with Crippen LogP contribution in [-0.4, -0.2) is 26.3 Å². The molecule has 0 spiro atoms. The lowest BCUT2D eigenvalue weighted by Crippen LogP contribution is -2.31. The highest BCUT2D eigenvalue weighted by Gasteiger charge is 2.17. The SMILES string of the molecule is C[C@H](NC(=O)CS(C)(=O)=O)c1cc2ccccc2o1. The summed E-state index contributed by atoms with van der Waals surface area (Å²) in [5.74, 6) is -0.448. The number of carbonyl (C=O) groups excluding carboxylic acids is 1. The van der Waals surface area contributed by atoms with E-state index in [1.54, 1.807) is 6.92 Å². The van der Waals surface area contributed by atoms with E-state index in [4.69, 9.17) is 4.42 Å². The number of furan rings is 1. The van der Waals surface area contributed by atoms with E-state index in [-0.39, 0.29) is 6.04 Å². The number of sulfone groups is 1. The van der Waals surface area contributed by atoms with Crippen molar-refractivity contribution >= 4 is 26.7 Å². The molecule has 0 unspecified atom stereocenters. The molecular formula is C13H15NO4S. The summed E-state index contributed by atoms with van der Waals surface area (Å²) in [4.78, 5) is 11.5. The zero-order chi connectivity index (χ0) is 14.0. The van der Waals surface area contributed by atoms with E-state index in [2.05, 4.69) is 5.32 Å². The van der Waals surface area contributed by atoms with Gasteiger partial charge in [-0.05, 0) is 19.1 Å². The number of fused-ring (bicyclic) bond motifs is 1. The molecule has 0 fully saturated rings. The molecule has 2 rings (SSSR count). The lowest BCUT2D eigenvalue weighted by molar-refractivity contribution is -0.119. The van der Waals surface area contributed by atoms with Crippen molar-refractivity contribution in [2.75, 3.05) is 12.0 Å². The molecule has 1 atom stereocenters. The number of para-hydroxylation sites is 1. The van der Waals surface area contributed by atoms with Gasteiger partial charge in [0.25, 0.3) is 0 Å². The van der Waals surface area contributed by atoms with Gasteiger partial charge in [0.1, 0.15) is 17.1 Å². The Labute approximate surface area is 111 Å². The highest BCUT2D eigenvalue weighted by atomic mass is 32.2. The molecule has 5 nitrogen and oxygen atoms in total. The Morgan fingerprint density at radius 2 is 2.05 bits per heavy atom. The summed E-state index contributed by atoms with van der Waals surface area (Å²) < 4.78 is 27.6. The largest absolute Gasteiger partial charge is 0.459 e. The van der Waals surface area contributed by atoms with Gasteiger partial charge in [-0.3, -0.25) is 4.79 Å². The van der Waals surface area contributed by atoms with Gasteiger partial charge in [0.2, 0.25) is 5.91 Å². The fourth-order valence-corrected chi connectivity index (χ4v) is 2.37. The van der Waals surface area contributed by atoms with Gasteiger partial charge < -0.3 is 9.73 Å². The first-order valence-electron chi connectivity index (χ1n) is 5.81. The lowest BCUT2D eigenvalue weighted by atomic mass is 10.2. The number of nitrogens with one attached hydrogen (secondary N) is 1. The fraction of sp³-hybridized carbons (Fsp3) is 0.308. The Morgan fingerprint density at radius 1 is 1.37 bits per heavy atom. The molecule has 0 aliphatic carbocycles. The lowest BCUT2D eigenvalue weighted by Gasteiger charge is -2.10. The van der Waals surface area contributed by atoms with Crippen LogP contribution in [0.3, 0.4) is 0 Å². The Hall–Kier alpha value is -1.82. The second-order valence-electron chi connectivity index (χ2n) is 4.55. The minimum atomic E-state index is -3.32. The van der Waals surface area contributed by atoms with E-state index in [0.29, 0.717) is 5.76 Å². The van der Waals surface area contributed by atoms with E-state index in [1.807, 2.05) is 30.3 Å². The second-order valence-corrected chi connectivity index (χ2v) is 6.69. The van der Waals surface area contributed by atoms with Crippen molar-refractivity contribution in [1.82, 2.24) is 5.32 Å². The Balaban J connectivity index is 2.11. The molecule has 102 valence electrons. The van der Waals surface area contributed by atoms with Gasteiger partial charge in [0.15, 0.2) is 9.84 Å². The van der Waals surface area contributed by atoms with Crippen LogP contribution in [0.4, 0.5) is 0 Å². The number of hydrogen-bond acceptors (Lipinski definition) is 4. The highest BCUT2D eigenvalue weighted by molar-refractivity contribution is 7.91. The standard InChI is InChI=1S/C13H15NO4S/c1-9(14-13(15)8-19(2,16)17)12-7-10-5-3-4-6-11(10)18-12/h3-7,9H,8H2,1-2H3,(H,14,15)/t9-/m0/s1. The molecule has 0 radical (unpaired) electrons. The maximum atomic E-state index is 11.5. The number of carbonyl (C=O) groups is 1. The summed E-state index contributed by atoms with van der Waals surface area (Å²) in [7, 11) is -3.32. The molecule has 0 saturated carbocycles. The van der Waals surface area contributed by atoms with Gasteiger partial charge in [-0.25, -0.2) is 8.42 Å². The normalized spacial score (nSPS) is 13.4. The van der Waals surface area contributed by atoms with Gasteiger partial charge in [-0.15, -0.1) is 0 Å². The summed E-state index contributed by atoms with van der Waals surface area (Å²) in [5, 5.41) is 3.55. The number of amides is 1. The summed E-state index contributed by atoms with van der Waals surface area (Å²) in [6.07, 6.45) is 1.03. The van der Waals surface area contributed by atoms with Gasteiger partial charge >= 0.3 is 0 Å². The first-order valence-corrected chi connectivity index (χ1v) is 7.87. The van der Waals surface area contributed by atoms with Crippen molar-refractivity contribution in [3.8, 4) is 0 Å². The zero-order valence-corrected chi connectivity index (χ0v) is 11.5. The molecule has 0 saturated heterocycles. The minimum Gasteiger partial charge on any atom is -0.459 e. The molecular weight excluding hydrogens is 266 g/mol. The van der Waals surface area contributed by atoms with E-state index in [9.17, 15) is 13.2 Å².